The SMILES string of the molecule is CCCCn1c(SCC(=O)c2c(C)[nH]c3ccccc23)nc2ccccc2c1=O. The third-order valence-corrected chi connectivity index (χ3v) is 6.04. The topological polar surface area (TPSA) is 67.8 Å². The van der Waals surface area contributed by atoms with Crippen LogP contribution >= 0.6 is 11.8 Å². The van der Waals surface area contributed by atoms with Crippen LogP contribution in [0.1, 0.15) is 35.8 Å². The van der Waals surface area contributed by atoms with Crippen LogP contribution in [0.5, 0.6) is 0 Å². The van der Waals surface area contributed by atoms with Crippen LogP contribution in [0.15, 0.2) is 58.5 Å². The van der Waals surface area contributed by atoms with Crippen LogP contribution in [0.4, 0.5) is 0 Å². The van der Waals surface area contributed by atoms with Crippen molar-refractivity contribution in [2.24, 2.45) is 0 Å². The number of hydrogen-bond donors (Lipinski definition) is 1. The van der Waals surface area contributed by atoms with E-state index in [0.717, 1.165) is 35.0 Å². The fraction of sp³-hybridized carbons (Fsp3) is 0.261. The highest BCUT2D eigenvalue weighted by Crippen LogP contribution is 2.25. The number of fused-ring (bicyclic) bond motifs is 2. The summed E-state index contributed by atoms with van der Waals surface area (Å²) in [5, 5.41) is 2.16. The van der Waals surface area contributed by atoms with Crippen LogP contribution in [0.25, 0.3) is 21.8 Å². The van der Waals surface area contributed by atoms with Gasteiger partial charge >= 0.3 is 0 Å². The number of thioether (sulfide) groups is 1. The highest BCUT2D eigenvalue weighted by atomic mass is 32.2. The van der Waals surface area contributed by atoms with E-state index in [2.05, 4.69) is 11.9 Å². The predicted octanol–water partition coefficient (Wildman–Crippen LogP) is 4.96. The molecule has 0 amide bonds. The Balaban J connectivity index is 1.67. The fourth-order valence-corrected chi connectivity index (χ4v) is 4.51. The summed E-state index contributed by atoms with van der Waals surface area (Å²) in [6.45, 7) is 4.62. The minimum absolute atomic E-state index is 0.0365. The molecule has 2 aromatic heterocycles. The molecule has 4 rings (SSSR count). The van der Waals surface area contributed by atoms with Crippen molar-refractivity contribution >= 4 is 39.4 Å². The number of H-pyrrole nitrogens is 1. The van der Waals surface area contributed by atoms with Gasteiger partial charge in [0.25, 0.3) is 5.56 Å². The first kappa shape index (κ1) is 19.5. The number of aromatic amines is 1. The summed E-state index contributed by atoms with van der Waals surface area (Å²) in [5.41, 5.74) is 3.18. The second-order valence-corrected chi connectivity index (χ2v) is 8.05. The van der Waals surface area contributed by atoms with Crippen molar-refractivity contribution < 1.29 is 4.79 Å². The number of carbonyl (C=O) groups excluding carboxylic acids is 1. The van der Waals surface area contributed by atoms with Crippen LogP contribution in [0.2, 0.25) is 0 Å². The van der Waals surface area contributed by atoms with Crippen molar-refractivity contribution in [3.63, 3.8) is 0 Å². The third kappa shape index (κ3) is 3.72. The Morgan fingerprint density at radius 3 is 2.62 bits per heavy atom. The summed E-state index contributed by atoms with van der Waals surface area (Å²) >= 11 is 1.34. The number of hydrogen-bond acceptors (Lipinski definition) is 4. The second kappa shape index (κ2) is 8.25. The molecule has 4 aromatic rings. The highest BCUT2D eigenvalue weighted by molar-refractivity contribution is 7.99. The summed E-state index contributed by atoms with van der Waals surface area (Å²) in [6, 6.07) is 15.2. The molecule has 0 aliphatic rings. The number of rotatable bonds is 7. The normalized spacial score (nSPS) is 11.4. The molecule has 0 aliphatic carbocycles. The molecule has 0 saturated heterocycles. The van der Waals surface area contributed by atoms with Gasteiger partial charge in [0.15, 0.2) is 10.9 Å². The Labute approximate surface area is 173 Å². The van der Waals surface area contributed by atoms with Crippen molar-refractivity contribution in [2.75, 3.05) is 5.75 Å². The van der Waals surface area contributed by atoms with Crippen molar-refractivity contribution in [1.29, 1.82) is 0 Å². The van der Waals surface area contributed by atoms with Gasteiger partial charge in [-0.15, -0.1) is 0 Å². The van der Waals surface area contributed by atoms with Crippen LogP contribution in [0.3, 0.4) is 0 Å². The number of benzene rings is 2. The summed E-state index contributed by atoms with van der Waals surface area (Å²) in [7, 11) is 0. The smallest absolute Gasteiger partial charge is 0.262 e. The van der Waals surface area contributed by atoms with Gasteiger partial charge in [-0.3, -0.25) is 14.2 Å². The largest absolute Gasteiger partial charge is 0.358 e. The van der Waals surface area contributed by atoms with Crippen molar-refractivity contribution in [3.8, 4) is 0 Å². The molecule has 0 atom stereocenters. The van der Waals surface area contributed by atoms with Crippen LogP contribution in [-0.2, 0) is 6.54 Å². The van der Waals surface area contributed by atoms with Gasteiger partial charge in [-0.05, 0) is 31.5 Å². The number of nitrogens with zero attached hydrogens (tertiary/aromatic N) is 2. The first-order chi connectivity index (χ1) is 14.1. The Hall–Kier alpha value is -2.86. The molecule has 0 bridgehead atoms. The van der Waals surface area contributed by atoms with E-state index < -0.39 is 0 Å². The first-order valence-electron chi connectivity index (χ1n) is 9.83. The van der Waals surface area contributed by atoms with Gasteiger partial charge < -0.3 is 4.98 Å². The molecule has 0 spiro atoms. The number of Topliss-reactive ketones (excluding diaryl/α,β-unsaturated/α-hetero) is 1. The van der Waals surface area contributed by atoms with E-state index in [-0.39, 0.29) is 17.1 Å². The Kier molecular flexibility index (Phi) is 5.53. The molecule has 2 heterocycles. The second-order valence-electron chi connectivity index (χ2n) is 7.10. The number of ketones is 1. The number of unbranched alkanes of at least 4 members (excludes halogenated alkanes) is 1. The molecular formula is C23H23N3O2S. The van der Waals surface area contributed by atoms with Gasteiger partial charge in [0.2, 0.25) is 0 Å². The highest BCUT2D eigenvalue weighted by Gasteiger charge is 2.18. The van der Waals surface area contributed by atoms with Gasteiger partial charge in [-0.1, -0.05) is 55.4 Å². The standard InChI is InChI=1S/C23H23N3O2S/c1-3-4-13-26-22(28)17-10-6-8-12-19(17)25-23(26)29-14-20(27)21-15(2)24-18-11-7-5-9-16(18)21/h5-12,24H,3-4,13-14H2,1-2H3. The maximum atomic E-state index is 13.0. The van der Waals surface area contributed by atoms with Crippen molar-refractivity contribution in [2.45, 2.75) is 38.4 Å². The lowest BCUT2D eigenvalue weighted by Gasteiger charge is -2.12. The number of para-hydroxylation sites is 2. The van der Waals surface area contributed by atoms with Crippen molar-refractivity contribution in [3.05, 3.63) is 70.1 Å². The Morgan fingerprint density at radius 2 is 1.83 bits per heavy atom. The van der Waals surface area contributed by atoms with Crippen LogP contribution < -0.4 is 5.56 Å². The van der Waals surface area contributed by atoms with Gasteiger partial charge in [0.05, 0.1) is 16.7 Å². The minimum Gasteiger partial charge on any atom is -0.358 e. The molecule has 29 heavy (non-hydrogen) atoms. The minimum atomic E-state index is -0.0396. The average molecular weight is 406 g/mol. The molecule has 0 radical (unpaired) electrons. The lowest BCUT2D eigenvalue weighted by Crippen LogP contribution is -2.24. The van der Waals surface area contributed by atoms with Crippen LogP contribution in [-0.4, -0.2) is 26.1 Å². The lowest BCUT2D eigenvalue weighted by molar-refractivity contribution is 0.102. The zero-order valence-electron chi connectivity index (χ0n) is 16.6. The van der Waals surface area contributed by atoms with Gasteiger partial charge in [-0.2, -0.15) is 0 Å². The number of aromatic nitrogens is 3. The number of nitrogens with one attached hydrogen (secondary N) is 1. The Morgan fingerprint density at radius 1 is 1.10 bits per heavy atom. The predicted molar refractivity (Wildman–Crippen MR) is 119 cm³/mol. The maximum Gasteiger partial charge on any atom is 0.262 e. The van der Waals surface area contributed by atoms with E-state index in [4.69, 9.17) is 4.98 Å². The van der Waals surface area contributed by atoms with Gasteiger partial charge in [0, 0.05) is 28.7 Å². The van der Waals surface area contributed by atoms with Gasteiger partial charge in [-0.25, -0.2) is 4.98 Å². The molecule has 0 aliphatic heterocycles. The molecular weight excluding hydrogens is 382 g/mol. The molecule has 0 fully saturated rings. The fourth-order valence-electron chi connectivity index (χ4n) is 3.61. The summed E-state index contributed by atoms with van der Waals surface area (Å²) in [6.07, 6.45) is 1.87. The molecule has 1 N–H and O–H groups in total. The van der Waals surface area contributed by atoms with E-state index in [0.29, 0.717) is 22.6 Å². The number of carbonyl (C=O) groups is 1. The molecule has 2 aromatic carbocycles. The van der Waals surface area contributed by atoms with E-state index in [1.165, 1.54) is 11.8 Å². The summed E-state index contributed by atoms with van der Waals surface area (Å²) in [4.78, 5) is 34.0. The average Bonchev–Trinajstić information content (AvgIpc) is 3.07. The van der Waals surface area contributed by atoms with E-state index in [9.17, 15) is 9.59 Å². The van der Waals surface area contributed by atoms with E-state index in [1.54, 1.807) is 4.57 Å². The molecule has 148 valence electrons. The van der Waals surface area contributed by atoms with E-state index in [1.807, 2.05) is 55.5 Å². The first-order valence-corrected chi connectivity index (χ1v) is 10.8. The quantitative estimate of drug-likeness (QED) is 0.268. The Bertz CT molecular complexity index is 1260. The monoisotopic (exact) mass is 405 g/mol. The molecule has 6 heteroatoms. The zero-order chi connectivity index (χ0) is 20.4. The van der Waals surface area contributed by atoms with E-state index >= 15 is 0 Å². The molecule has 5 nitrogen and oxygen atoms in total. The molecule has 0 unspecified atom stereocenters. The summed E-state index contributed by atoms with van der Waals surface area (Å²) < 4.78 is 1.71. The summed E-state index contributed by atoms with van der Waals surface area (Å²) in [5.74, 6) is 0.272. The maximum absolute atomic E-state index is 13.0. The lowest BCUT2D eigenvalue weighted by atomic mass is 10.1. The molecule has 0 saturated carbocycles. The van der Waals surface area contributed by atoms with Crippen LogP contribution in [0, 0.1) is 6.92 Å². The number of aryl methyl sites for hydroxylation is 1. The zero-order valence-corrected chi connectivity index (χ0v) is 17.4. The van der Waals surface area contributed by atoms with Crippen molar-refractivity contribution in [1.82, 2.24) is 14.5 Å². The van der Waals surface area contributed by atoms with Gasteiger partial charge in [0.1, 0.15) is 0 Å². The third-order valence-electron chi connectivity index (χ3n) is 5.07.